The molecule has 0 bridgehead atoms. The van der Waals surface area contributed by atoms with Crippen molar-refractivity contribution < 1.29 is 4.79 Å². The van der Waals surface area contributed by atoms with Crippen molar-refractivity contribution in [1.82, 2.24) is 9.88 Å². The fraction of sp³-hybridized carbons (Fsp3) is 0.308. The molecule has 0 saturated carbocycles. The minimum atomic E-state index is 0.178. The summed E-state index contributed by atoms with van der Waals surface area (Å²) in [6.07, 6.45) is 5.84. The first-order valence-corrected chi connectivity index (χ1v) is 13.2. The van der Waals surface area contributed by atoms with E-state index in [0.717, 1.165) is 40.1 Å². The van der Waals surface area contributed by atoms with Gasteiger partial charge in [0.15, 0.2) is 0 Å². The smallest absolute Gasteiger partial charge is 0.222 e. The van der Waals surface area contributed by atoms with Crippen LogP contribution in [0.15, 0.2) is 54.6 Å². The van der Waals surface area contributed by atoms with Crippen LogP contribution in [0.1, 0.15) is 41.2 Å². The number of hydrogen-bond donors (Lipinski definition) is 0. The largest absolute Gasteiger partial charge is 0.349 e. The number of fused-ring (bicyclic) bond motifs is 1. The highest BCUT2D eigenvalue weighted by Gasteiger charge is 2.14. The summed E-state index contributed by atoms with van der Waals surface area (Å²) in [6.45, 7) is 2.20. The number of nitrogens with zero attached hydrogens (tertiary/aromatic N) is 2. The van der Waals surface area contributed by atoms with E-state index in [0.29, 0.717) is 16.0 Å². The number of amides is 1. The zero-order valence-corrected chi connectivity index (χ0v) is 21.1. The molecule has 1 amide bonds. The van der Waals surface area contributed by atoms with E-state index in [1.54, 1.807) is 4.90 Å². The van der Waals surface area contributed by atoms with Crippen LogP contribution in [0.2, 0.25) is 5.02 Å². The molecule has 0 spiro atoms. The van der Waals surface area contributed by atoms with Crippen molar-refractivity contribution in [2.45, 2.75) is 24.3 Å². The van der Waals surface area contributed by atoms with Crippen LogP contribution < -0.4 is 0 Å². The molecule has 3 rings (SSSR count). The van der Waals surface area contributed by atoms with E-state index in [2.05, 4.69) is 43.3 Å². The molecule has 1 atom stereocenters. The van der Waals surface area contributed by atoms with Crippen LogP contribution >= 0.6 is 35.1 Å². The lowest BCUT2D eigenvalue weighted by Crippen LogP contribution is -2.21. The van der Waals surface area contributed by atoms with Crippen LogP contribution in [-0.4, -0.2) is 41.4 Å². The summed E-state index contributed by atoms with van der Waals surface area (Å²) < 4.78 is 0.319. The van der Waals surface area contributed by atoms with Crippen LogP contribution in [0.3, 0.4) is 0 Å². The fourth-order valence-corrected chi connectivity index (χ4v) is 5.90. The average Bonchev–Trinajstić information content (AvgIpc) is 2.79. The summed E-state index contributed by atoms with van der Waals surface area (Å²) >= 11 is 9.92. The maximum absolute atomic E-state index is 11.9. The lowest BCUT2D eigenvalue weighted by atomic mass is 10.1. The summed E-state index contributed by atoms with van der Waals surface area (Å²) in [4.78, 5) is 18.3. The molecule has 3 nitrogen and oxygen atoms in total. The molecule has 168 valence electrons. The molecule has 0 radical (unpaired) electrons. The summed E-state index contributed by atoms with van der Waals surface area (Å²) in [5, 5.41) is 1.77. The lowest BCUT2D eigenvalue weighted by Gasteiger charge is -2.18. The number of benzene rings is 2. The van der Waals surface area contributed by atoms with Crippen LogP contribution in [0, 0.1) is 0 Å². The Balaban J connectivity index is 1.73. The van der Waals surface area contributed by atoms with Gasteiger partial charge in [0.05, 0.1) is 15.8 Å². The number of pyridine rings is 1. The predicted molar refractivity (Wildman–Crippen MR) is 143 cm³/mol. The van der Waals surface area contributed by atoms with Crippen molar-refractivity contribution in [3.63, 3.8) is 0 Å². The van der Waals surface area contributed by atoms with E-state index in [4.69, 9.17) is 16.6 Å². The third kappa shape index (κ3) is 7.29. The maximum atomic E-state index is 11.9. The summed E-state index contributed by atoms with van der Waals surface area (Å²) in [6, 6.07) is 18.5. The van der Waals surface area contributed by atoms with Gasteiger partial charge in [-0.25, -0.2) is 4.98 Å². The minimum absolute atomic E-state index is 0.178. The molecule has 0 unspecified atom stereocenters. The Morgan fingerprint density at radius 3 is 2.62 bits per heavy atom. The Morgan fingerprint density at radius 2 is 1.84 bits per heavy atom. The van der Waals surface area contributed by atoms with Crippen molar-refractivity contribution >= 4 is 64.1 Å². The molecular weight excluding hydrogens is 456 g/mol. The molecule has 3 aromatic rings. The highest BCUT2D eigenvalue weighted by atomic mass is 35.5. The molecular formula is C26H29ClN2OS2. The normalized spacial score (nSPS) is 12.4. The molecule has 0 aliphatic heterocycles. The van der Waals surface area contributed by atoms with Crippen molar-refractivity contribution in [1.29, 1.82) is 0 Å². The van der Waals surface area contributed by atoms with E-state index in [9.17, 15) is 4.79 Å². The van der Waals surface area contributed by atoms with Gasteiger partial charge in [0.1, 0.15) is 0 Å². The Bertz CT molecular complexity index is 1080. The van der Waals surface area contributed by atoms with Crippen LogP contribution in [0.4, 0.5) is 0 Å². The van der Waals surface area contributed by atoms with Crippen molar-refractivity contribution in [2.75, 3.05) is 25.6 Å². The van der Waals surface area contributed by atoms with Gasteiger partial charge in [-0.3, -0.25) is 4.79 Å². The fourth-order valence-electron chi connectivity index (χ4n) is 3.13. The second-order valence-corrected chi connectivity index (χ2v) is 10.8. The molecule has 6 heteroatoms. The highest BCUT2D eigenvalue weighted by Crippen LogP contribution is 2.40. The number of hydrogen-bond acceptors (Lipinski definition) is 4. The van der Waals surface area contributed by atoms with Gasteiger partial charge >= 0.3 is 0 Å². The van der Waals surface area contributed by atoms with Gasteiger partial charge in [-0.2, -0.15) is 0 Å². The molecule has 32 heavy (non-hydrogen) atoms. The summed E-state index contributed by atoms with van der Waals surface area (Å²) in [5.41, 5.74) is 4.22. The third-order valence-corrected chi connectivity index (χ3v) is 8.15. The topological polar surface area (TPSA) is 33.2 Å². The second-order valence-electron chi connectivity index (χ2n) is 7.69. The minimum Gasteiger partial charge on any atom is -0.349 e. The Morgan fingerprint density at radius 1 is 1.06 bits per heavy atom. The summed E-state index contributed by atoms with van der Waals surface area (Å²) in [7, 11) is 3.62. The van der Waals surface area contributed by atoms with E-state index < -0.39 is 0 Å². The standard InChI is InChI=1S/C26H29ClN2OS2/c1-4-15-31-26(32-16-14-25(30)29(2)3)21-7-5-6-19(17-21)8-12-23-13-10-20-9-11-22(27)18-24(20)28-23/h5-13,17-18,26H,4,14-16H2,1-3H3/b12-8-/t26-/m0/s1. The zero-order valence-electron chi connectivity index (χ0n) is 18.8. The number of aromatic nitrogens is 1. The Labute approximate surface area is 204 Å². The van der Waals surface area contributed by atoms with E-state index in [-0.39, 0.29) is 5.91 Å². The molecule has 1 heterocycles. The van der Waals surface area contributed by atoms with Gasteiger partial charge in [-0.15, -0.1) is 23.5 Å². The van der Waals surface area contributed by atoms with Gasteiger partial charge in [-0.1, -0.05) is 54.9 Å². The number of carbonyl (C=O) groups is 1. The Kier molecular flexibility index (Phi) is 9.51. The first-order valence-electron chi connectivity index (χ1n) is 10.7. The Hall–Kier alpha value is -1.95. The predicted octanol–water partition coefficient (Wildman–Crippen LogP) is 7.41. The van der Waals surface area contributed by atoms with Crippen LogP contribution in [0.25, 0.3) is 23.1 Å². The average molecular weight is 485 g/mol. The number of carbonyl (C=O) groups excluding carboxylic acids is 1. The first-order chi connectivity index (χ1) is 15.5. The SMILES string of the molecule is CCCS[C@@H](SCCC(=O)N(C)C)c1cccc(/C=C\c2ccc3ccc(Cl)cc3n2)c1. The first kappa shape index (κ1) is 24.7. The third-order valence-electron chi connectivity index (χ3n) is 4.86. The van der Waals surface area contributed by atoms with Gasteiger partial charge in [0.25, 0.3) is 0 Å². The van der Waals surface area contributed by atoms with E-state index >= 15 is 0 Å². The molecule has 0 fully saturated rings. The van der Waals surface area contributed by atoms with Crippen LogP contribution in [-0.2, 0) is 4.79 Å². The van der Waals surface area contributed by atoms with Gasteiger partial charge in [0.2, 0.25) is 5.91 Å². The quantitative estimate of drug-likeness (QED) is 0.280. The van der Waals surface area contributed by atoms with Crippen molar-refractivity contribution in [2.24, 2.45) is 0 Å². The van der Waals surface area contributed by atoms with Crippen LogP contribution in [0.5, 0.6) is 0 Å². The van der Waals surface area contributed by atoms with Gasteiger partial charge < -0.3 is 4.90 Å². The number of halogens is 1. The number of thioether (sulfide) groups is 2. The van der Waals surface area contributed by atoms with E-state index in [1.165, 1.54) is 5.56 Å². The van der Waals surface area contributed by atoms with Crippen molar-refractivity contribution in [3.8, 4) is 0 Å². The second kappa shape index (κ2) is 12.3. The van der Waals surface area contributed by atoms with Gasteiger partial charge in [-0.05, 0) is 53.6 Å². The zero-order chi connectivity index (χ0) is 22.9. The molecule has 2 aromatic carbocycles. The highest BCUT2D eigenvalue weighted by molar-refractivity contribution is 8.16. The monoisotopic (exact) mass is 484 g/mol. The van der Waals surface area contributed by atoms with Gasteiger partial charge in [0, 0.05) is 36.7 Å². The number of rotatable bonds is 10. The molecule has 0 N–H and O–H groups in total. The van der Waals surface area contributed by atoms with Crippen molar-refractivity contribution in [3.05, 3.63) is 76.4 Å². The molecule has 0 aliphatic carbocycles. The molecule has 0 aliphatic rings. The molecule has 0 saturated heterocycles. The lowest BCUT2D eigenvalue weighted by molar-refractivity contribution is -0.128. The molecule has 1 aromatic heterocycles. The summed E-state index contributed by atoms with van der Waals surface area (Å²) in [5.74, 6) is 2.10. The van der Waals surface area contributed by atoms with E-state index in [1.807, 2.05) is 68.0 Å². The maximum Gasteiger partial charge on any atom is 0.222 e.